The van der Waals surface area contributed by atoms with Gasteiger partial charge in [0.05, 0.1) is 0 Å². The van der Waals surface area contributed by atoms with E-state index in [1.54, 1.807) is 0 Å². The molecule has 0 aromatic heterocycles. The number of hydrogen-bond acceptors (Lipinski definition) is 2. The quantitative estimate of drug-likeness (QED) is 0.824. The van der Waals surface area contributed by atoms with E-state index in [4.69, 9.17) is 0 Å². The van der Waals surface area contributed by atoms with Crippen LogP contribution in [0.5, 0.6) is 0 Å². The van der Waals surface area contributed by atoms with E-state index >= 15 is 0 Å². The van der Waals surface area contributed by atoms with E-state index in [0.717, 1.165) is 31.4 Å². The van der Waals surface area contributed by atoms with Gasteiger partial charge in [0.1, 0.15) is 0 Å². The number of amides is 3. The van der Waals surface area contributed by atoms with Crippen LogP contribution in [0.15, 0.2) is 24.3 Å². The third-order valence-electron chi connectivity index (χ3n) is 4.91. The molecule has 2 N–H and O–H groups in total. The summed E-state index contributed by atoms with van der Waals surface area (Å²) < 4.78 is 0. The van der Waals surface area contributed by atoms with Gasteiger partial charge < -0.3 is 15.5 Å². The average Bonchev–Trinajstić information content (AvgIpc) is 2.60. The van der Waals surface area contributed by atoms with Crippen molar-refractivity contribution in [1.29, 1.82) is 0 Å². The maximum atomic E-state index is 12.4. The Bertz CT molecular complexity index is 597. The minimum absolute atomic E-state index is 0.0655. The molecule has 1 aliphatic rings. The summed E-state index contributed by atoms with van der Waals surface area (Å²) >= 11 is 0. The van der Waals surface area contributed by atoms with Crippen molar-refractivity contribution in [3.63, 3.8) is 0 Å². The molecule has 5 heteroatoms. The van der Waals surface area contributed by atoms with Gasteiger partial charge in [0, 0.05) is 31.2 Å². The maximum absolute atomic E-state index is 12.4. The van der Waals surface area contributed by atoms with E-state index in [1.165, 1.54) is 5.56 Å². The van der Waals surface area contributed by atoms with E-state index < -0.39 is 0 Å². The fraction of sp³-hybridized carbons (Fsp3) is 0.619. The van der Waals surface area contributed by atoms with Crippen LogP contribution in [-0.2, 0) is 10.2 Å². The third kappa shape index (κ3) is 6.04. The molecule has 26 heavy (non-hydrogen) atoms. The number of nitrogens with zero attached hydrogens (tertiary/aromatic N) is 1. The van der Waals surface area contributed by atoms with Crippen LogP contribution in [0, 0.1) is 0 Å². The molecule has 0 saturated carbocycles. The van der Waals surface area contributed by atoms with Crippen LogP contribution in [0.4, 0.5) is 10.5 Å². The van der Waals surface area contributed by atoms with Gasteiger partial charge in [0.25, 0.3) is 0 Å². The molecule has 0 radical (unpaired) electrons. The highest BCUT2D eigenvalue weighted by atomic mass is 16.2. The Balaban J connectivity index is 1.78. The molecule has 0 atom stereocenters. The number of urea groups is 1. The number of piperidine rings is 1. The largest absolute Gasteiger partial charge is 0.353 e. The average molecular weight is 360 g/mol. The fourth-order valence-corrected chi connectivity index (χ4v) is 3.12. The summed E-state index contributed by atoms with van der Waals surface area (Å²) in [4.78, 5) is 26.1. The van der Waals surface area contributed by atoms with Gasteiger partial charge in [-0.15, -0.1) is 0 Å². The predicted octanol–water partition coefficient (Wildman–Crippen LogP) is 4.29. The van der Waals surface area contributed by atoms with Crippen molar-refractivity contribution in [2.45, 2.75) is 71.3 Å². The van der Waals surface area contributed by atoms with Gasteiger partial charge in [-0.1, -0.05) is 46.2 Å². The van der Waals surface area contributed by atoms with Crippen molar-refractivity contribution in [1.82, 2.24) is 10.2 Å². The van der Waals surface area contributed by atoms with Gasteiger partial charge in [-0.25, -0.2) is 4.79 Å². The highest BCUT2D eigenvalue weighted by Crippen LogP contribution is 2.23. The molecule has 2 rings (SSSR count). The van der Waals surface area contributed by atoms with Crippen LogP contribution in [0.1, 0.15) is 65.4 Å². The molecular weight excluding hydrogens is 326 g/mol. The molecule has 144 valence electrons. The first-order valence-electron chi connectivity index (χ1n) is 9.75. The predicted molar refractivity (Wildman–Crippen MR) is 106 cm³/mol. The number of carbonyl (C=O) groups excluding carboxylic acids is 2. The molecule has 1 aromatic carbocycles. The van der Waals surface area contributed by atoms with E-state index in [2.05, 4.69) is 50.5 Å². The zero-order valence-electron chi connectivity index (χ0n) is 16.6. The minimum Gasteiger partial charge on any atom is -0.353 e. The van der Waals surface area contributed by atoms with Gasteiger partial charge in [-0.05, 0) is 42.4 Å². The molecule has 1 fully saturated rings. The Hall–Kier alpha value is -2.04. The summed E-state index contributed by atoms with van der Waals surface area (Å²) in [6, 6.07) is 8.17. The lowest BCUT2D eigenvalue weighted by Crippen LogP contribution is -2.47. The second-order valence-electron chi connectivity index (χ2n) is 8.19. The van der Waals surface area contributed by atoms with Gasteiger partial charge in [0.2, 0.25) is 5.91 Å². The highest BCUT2D eigenvalue weighted by Gasteiger charge is 2.24. The monoisotopic (exact) mass is 359 g/mol. The fourth-order valence-electron chi connectivity index (χ4n) is 3.12. The van der Waals surface area contributed by atoms with Crippen LogP contribution in [0.3, 0.4) is 0 Å². The SMILES string of the molecule is CCCCC(=O)NC1CCN(C(=O)Nc2ccc(C(C)(C)C)cc2)CC1. The van der Waals surface area contributed by atoms with Crippen LogP contribution in [0.25, 0.3) is 0 Å². The lowest BCUT2D eigenvalue weighted by molar-refractivity contribution is -0.122. The molecule has 1 heterocycles. The Kier molecular flexibility index (Phi) is 7.06. The Morgan fingerprint density at radius 2 is 1.73 bits per heavy atom. The second kappa shape index (κ2) is 9.06. The summed E-state index contributed by atoms with van der Waals surface area (Å²) in [5.74, 6) is 0.133. The lowest BCUT2D eigenvalue weighted by Gasteiger charge is -2.32. The molecule has 3 amide bonds. The van der Waals surface area contributed by atoms with Gasteiger partial charge in [0.15, 0.2) is 0 Å². The van der Waals surface area contributed by atoms with Crippen molar-refractivity contribution >= 4 is 17.6 Å². The molecule has 5 nitrogen and oxygen atoms in total. The molecular formula is C21H33N3O2. The summed E-state index contributed by atoms with van der Waals surface area (Å²) in [6.07, 6.45) is 4.19. The molecule has 0 bridgehead atoms. The molecule has 0 aliphatic carbocycles. The number of hydrogen-bond donors (Lipinski definition) is 2. The zero-order valence-corrected chi connectivity index (χ0v) is 16.6. The zero-order chi connectivity index (χ0) is 19.2. The van der Waals surface area contributed by atoms with Crippen molar-refractivity contribution in [2.75, 3.05) is 18.4 Å². The topological polar surface area (TPSA) is 61.4 Å². The molecule has 1 aromatic rings. The maximum Gasteiger partial charge on any atom is 0.321 e. The molecule has 1 saturated heterocycles. The second-order valence-corrected chi connectivity index (χ2v) is 8.19. The van der Waals surface area contributed by atoms with Crippen molar-refractivity contribution in [3.05, 3.63) is 29.8 Å². The number of carbonyl (C=O) groups is 2. The first-order chi connectivity index (χ1) is 12.3. The standard InChI is InChI=1S/C21H33N3O2/c1-5-6-7-19(25)22-18-12-14-24(15-13-18)20(26)23-17-10-8-16(9-11-17)21(2,3)4/h8-11,18H,5-7,12-15H2,1-4H3,(H,22,25)(H,23,26). The van der Waals surface area contributed by atoms with Gasteiger partial charge in [-0.3, -0.25) is 4.79 Å². The van der Waals surface area contributed by atoms with E-state index in [9.17, 15) is 9.59 Å². The van der Waals surface area contributed by atoms with Crippen molar-refractivity contribution in [2.24, 2.45) is 0 Å². The Morgan fingerprint density at radius 3 is 2.27 bits per heavy atom. The molecule has 0 spiro atoms. The number of unbranched alkanes of at least 4 members (excludes halogenated alkanes) is 1. The van der Waals surface area contributed by atoms with Crippen molar-refractivity contribution < 1.29 is 9.59 Å². The smallest absolute Gasteiger partial charge is 0.321 e. The van der Waals surface area contributed by atoms with Gasteiger partial charge in [-0.2, -0.15) is 0 Å². The van der Waals surface area contributed by atoms with Gasteiger partial charge >= 0.3 is 6.03 Å². The lowest BCUT2D eigenvalue weighted by atomic mass is 9.87. The first-order valence-corrected chi connectivity index (χ1v) is 9.75. The number of rotatable bonds is 5. The van der Waals surface area contributed by atoms with Crippen LogP contribution < -0.4 is 10.6 Å². The molecule has 0 unspecified atom stereocenters. The van der Waals surface area contributed by atoms with E-state index in [-0.39, 0.29) is 23.4 Å². The summed E-state index contributed by atoms with van der Waals surface area (Å²) in [7, 11) is 0. The number of nitrogens with one attached hydrogen (secondary N) is 2. The third-order valence-corrected chi connectivity index (χ3v) is 4.91. The minimum atomic E-state index is -0.0655. The number of likely N-dealkylation sites (tertiary alicyclic amines) is 1. The first kappa shape index (κ1) is 20.3. The van der Waals surface area contributed by atoms with Crippen LogP contribution in [-0.4, -0.2) is 36.0 Å². The van der Waals surface area contributed by atoms with Crippen LogP contribution >= 0.6 is 0 Å². The summed E-state index contributed by atoms with van der Waals surface area (Å²) in [5, 5.41) is 6.06. The number of anilines is 1. The Labute approximate surface area is 157 Å². The summed E-state index contributed by atoms with van der Waals surface area (Å²) in [6.45, 7) is 9.94. The number of benzene rings is 1. The van der Waals surface area contributed by atoms with E-state index in [0.29, 0.717) is 19.5 Å². The van der Waals surface area contributed by atoms with Crippen molar-refractivity contribution in [3.8, 4) is 0 Å². The molecule has 1 aliphatic heterocycles. The van der Waals surface area contributed by atoms with Crippen LogP contribution in [0.2, 0.25) is 0 Å². The summed E-state index contributed by atoms with van der Waals surface area (Å²) in [5.41, 5.74) is 2.17. The normalized spacial score (nSPS) is 15.6. The van der Waals surface area contributed by atoms with E-state index in [1.807, 2.05) is 17.0 Å². The Morgan fingerprint density at radius 1 is 1.12 bits per heavy atom. The highest BCUT2D eigenvalue weighted by molar-refractivity contribution is 5.89.